The number of nitro benzene ring substituents is 1. The molecule has 0 bridgehead atoms. The van der Waals surface area contributed by atoms with E-state index in [1.807, 2.05) is 0 Å². The first-order valence-corrected chi connectivity index (χ1v) is 8.30. The molecule has 0 atom stereocenters. The van der Waals surface area contributed by atoms with Gasteiger partial charge in [0.25, 0.3) is 11.6 Å². The first-order chi connectivity index (χ1) is 12.4. The highest BCUT2D eigenvalue weighted by Gasteiger charge is 2.21. The van der Waals surface area contributed by atoms with Crippen LogP contribution in [-0.4, -0.2) is 28.5 Å². The molecule has 7 heteroatoms. The third-order valence-electron chi connectivity index (χ3n) is 4.45. The number of hydrogen-bond acceptors (Lipinski definition) is 5. The number of fused-ring (bicyclic) bond motifs is 1. The molecule has 7 nitrogen and oxygen atoms in total. The smallest absolute Gasteiger partial charge is 0.270 e. The topological polar surface area (TPSA) is 87.8 Å². The van der Waals surface area contributed by atoms with E-state index in [4.69, 9.17) is 0 Å². The van der Waals surface area contributed by atoms with Crippen molar-refractivity contribution >= 4 is 17.8 Å². The molecule has 134 valence electrons. The molecule has 0 unspecified atom stereocenters. The summed E-state index contributed by atoms with van der Waals surface area (Å²) in [5.74, 6) is -0.215. The van der Waals surface area contributed by atoms with Crippen molar-refractivity contribution in [3.8, 4) is 0 Å². The second-order valence-corrected chi connectivity index (χ2v) is 6.50. The predicted octanol–water partition coefficient (Wildman–Crippen LogP) is 2.68. The molecule has 0 radical (unpaired) electrons. The molecule has 0 fully saturated rings. The summed E-state index contributed by atoms with van der Waals surface area (Å²) in [7, 11) is 0. The van der Waals surface area contributed by atoms with Crippen molar-refractivity contribution in [1.82, 2.24) is 10.3 Å². The van der Waals surface area contributed by atoms with Crippen molar-refractivity contribution in [3.05, 3.63) is 74.3 Å². The minimum atomic E-state index is -0.468. The Morgan fingerprint density at radius 2 is 1.88 bits per heavy atom. The lowest BCUT2D eigenvalue weighted by molar-refractivity contribution is -0.384. The number of hydrazone groups is 1. The van der Waals surface area contributed by atoms with E-state index in [-0.39, 0.29) is 18.1 Å². The van der Waals surface area contributed by atoms with Crippen molar-refractivity contribution < 1.29 is 9.72 Å². The lowest BCUT2D eigenvalue weighted by Crippen LogP contribution is -2.32. The normalized spacial score (nSPS) is 13.8. The van der Waals surface area contributed by atoms with Crippen LogP contribution in [0.25, 0.3) is 0 Å². The average molecular weight is 352 g/mol. The highest BCUT2D eigenvalue weighted by molar-refractivity contribution is 5.83. The Bertz CT molecular complexity index is 861. The van der Waals surface area contributed by atoms with Gasteiger partial charge in [-0.3, -0.25) is 19.8 Å². The first-order valence-electron chi connectivity index (χ1n) is 8.30. The Hall–Kier alpha value is -3.06. The largest absolute Gasteiger partial charge is 0.286 e. The fourth-order valence-electron chi connectivity index (χ4n) is 3.02. The molecular weight excluding hydrogens is 332 g/mol. The molecule has 3 rings (SSSR count). The fourth-order valence-corrected chi connectivity index (χ4v) is 3.02. The number of non-ortho nitro benzene ring substituents is 1. The van der Waals surface area contributed by atoms with Crippen LogP contribution in [0.15, 0.2) is 41.5 Å². The van der Waals surface area contributed by atoms with Gasteiger partial charge in [-0.25, -0.2) is 5.43 Å². The molecule has 0 saturated carbocycles. The van der Waals surface area contributed by atoms with Crippen LogP contribution >= 0.6 is 0 Å². The van der Waals surface area contributed by atoms with Crippen molar-refractivity contribution in [2.45, 2.75) is 26.9 Å². The maximum atomic E-state index is 12.1. The van der Waals surface area contributed by atoms with Gasteiger partial charge in [-0.15, -0.1) is 0 Å². The third-order valence-corrected chi connectivity index (χ3v) is 4.45. The zero-order valence-electron chi connectivity index (χ0n) is 14.7. The number of carbonyl (C=O) groups excluding carboxylic acids is 1. The molecule has 2 aromatic rings. The Kier molecular flexibility index (Phi) is 5.09. The van der Waals surface area contributed by atoms with Gasteiger partial charge in [0.15, 0.2) is 0 Å². The minimum absolute atomic E-state index is 0.0132. The van der Waals surface area contributed by atoms with E-state index in [0.29, 0.717) is 5.56 Å². The van der Waals surface area contributed by atoms with Crippen LogP contribution in [0, 0.1) is 24.0 Å². The maximum Gasteiger partial charge on any atom is 0.270 e. The monoisotopic (exact) mass is 352 g/mol. The van der Waals surface area contributed by atoms with E-state index in [9.17, 15) is 14.9 Å². The van der Waals surface area contributed by atoms with Crippen LogP contribution in [0.3, 0.4) is 0 Å². The van der Waals surface area contributed by atoms with Crippen LogP contribution in [0.5, 0.6) is 0 Å². The van der Waals surface area contributed by atoms with E-state index in [2.05, 4.69) is 41.4 Å². The molecule has 1 heterocycles. The molecule has 1 N–H and O–H groups in total. The van der Waals surface area contributed by atoms with Gasteiger partial charge in [0.1, 0.15) is 0 Å². The van der Waals surface area contributed by atoms with Crippen molar-refractivity contribution in [1.29, 1.82) is 0 Å². The Balaban J connectivity index is 1.54. The lowest BCUT2D eigenvalue weighted by Gasteiger charge is -2.12. The van der Waals surface area contributed by atoms with Gasteiger partial charge in [0.2, 0.25) is 0 Å². The number of carbonyl (C=O) groups is 1. The van der Waals surface area contributed by atoms with Crippen LogP contribution in [-0.2, 0) is 17.9 Å². The van der Waals surface area contributed by atoms with Gasteiger partial charge < -0.3 is 0 Å². The summed E-state index contributed by atoms with van der Waals surface area (Å²) in [5, 5.41) is 14.6. The van der Waals surface area contributed by atoms with Gasteiger partial charge in [0.05, 0.1) is 17.7 Å². The second-order valence-electron chi connectivity index (χ2n) is 6.50. The quantitative estimate of drug-likeness (QED) is 0.509. The number of nitro groups is 1. The summed E-state index contributed by atoms with van der Waals surface area (Å²) in [6.45, 7) is 5.93. The number of nitrogens with zero attached hydrogens (tertiary/aromatic N) is 3. The van der Waals surface area contributed by atoms with Gasteiger partial charge in [-0.1, -0.05) is 24.3 Å². The summed E-state index contributed by atoms with van der Waals surface area (Å²) in [4.78, 5) is 24.4. The molecule has 1 aliphatic rings. The first kappa shape index (κ1) is 17.8. The zero-order valence-corrected chi connectivity index (χ0v) is 14.7. The summed E-state index contributed by atoms with van der Waals surface area (Å²) < 4.78 is 0. The standard InChI is InChI=1S/C19H20N4O3/c1-13-6-16-10-22(11-17(16)7-14(13)2)12-19(24)21-20-9-15-4-3-5-18(8-15)23(25)26/h3-9H,10-12H2,1-2H3,(H,21,24)/b20-9-. The summed E-state index contributed by atoms with van der Waals surface area (Å²) >= 11 is 0. The zero-order chi connectivity index (χ0) is 18.7. The van der Waals surface area contributed by atoms with Crippen molar-refractivity contribution in [3.63, 3.8) is 0 Å². The third kappa shape index (κ3) is 4.12. The number of hydrogen-bond donors (Lipinski definition) is 1. The second kappa shape index (κ2) is 7.45. The van der Waals surface area contributed by atoms with Crippen molar-refractivity contribution in [2.24, 2.45) is 5.10 Å². The van der Waals surface area contributed by atoms with Crippen LogP contribution < -0.4 is 5.43 Å². The number of amides is 1. The van der Waals surface area contributed by atoms with E-state index in [0.717, 1.165) is 13.1 Å². The number of nitrogens with one attached hydrogen (secondary N) is 1. The predicted molar refractivity (Wildman–Crippen MR) is 98.9 cm³/mol. The molecule has 0 aliphatic carbocycles. The highest BCUT2D eigenvalue weighted by Crippen LogP contribution is 2.25. The molecule has 2 aromatic carbocycles. The van der Waals surface area contributed by atoms with E-state index in [1.165, 1.54) is 40.6 Å². The molecule has 0 aromatic heterocycles. The van der Waals surface area contributed by atoms with Crippen LogP contribution in [0.1, 0.15) is 27.8 Å². The fraction of sp³-hybridized carbons (Fsp3) is 0.263. The van der Waals surface area contributed by atoms with Gasteiger partial charge in [0, 0.05) is 30.8 Å². The Labute approximate surface area is 151 Å². The highest BCUT2D eigenvalue weighted by atomic mass is 16.6. The van der Waals surface area contributed by atoms with Crippen LogP contribution in [0.2, 0.25) is 0 Å². The Morgan fingerprint density at radius 3 is 2.50 bits per heavy atom. The van der Waals surface area contributed by atoms with Gasteiger partial charge in [-0.2, -0.15) is 5.10 Å². The molecule has 26 heavy (non-hydrogen) atoms. The number of aryl methyl sites for hydroxylation is 2. The van der Waals surface area contributed by atoms with Gasteiger partial charge in [-0.05, 0) is 36.1 Å². The number of benzene rings is 2. The SMILES string of the molecule is Cc1cc2c(cc1C)CN(CC(=O)N/N=C\c1cccc([N+](=O)[O-])c1)C2. The lowest BCUT2D eigenvalue weighted by atomic mass is 10.0. The summed E-state index contributed by atoms with van der Waals surface area (Å²) in [6.07, 6.45) is 1.40. The molecule has 0 saturated heterocycles. The van der Waals surface area contributed by atoms with E-state index >= 15 is 0 Å². The van der Waals surface area contributed by atoms with Crippen molar-refractivity contribution in [2.75, 3.05) is 6.54 Å². The minimum Gasteiger partial charge on any atom is -0.286 e. The average Bonchev–Trinajstić information content (AvgIpc) is 2.96. The maximum absolute atomic E-state index is 12.1. The van der Waals surface area contributed by atoms with E-state index in [1.54, 1.807) is 12.1 Å². The Morgan fingerprint density at radius 1 is 1.23 bits per heavy atom. The van der Waals surface area contributed by atoms with Gasteiger partial charge >= 0.3 is 0 Å². The van der Waals surface area contributed by atoms with Crippen LogP contribution in [0.4, 0.5) is 5.69 Å². The number of rotatable bonds is 5. The molecule has 1 aliphatic heterocycles. The van der Waals surface area contributed by atoms with E-state index < -0.39 is 4.92 Å². The summed E-state index contributed by atoms with van der Waals surface area (Å²) in [6, 6.07) is 10.4. The molecule has 0 spiro atoms. The summed E-state index contributed by atoms with van der Waals surface area (Å²) in [5.41, 5.74) is 8.07. The molecule has 1 amide bonds. The molecular formula is C19H20N4O3.